The summed E-state index contributed by atoms with van der Waals surface area (Å²) in [5, 5.41) is 25.2. The van der Waals surface area contributed by atoms with Gasteiger partial charge in [0, 0.05) is 6.07 Å². The van der Waals surface area contributed by atoms with Crippen molar-refractivity contribution in [3.63, 3.8) is 0 Å². The number of rotatable bonds is 3. The lowest BCUT2D eigenvalue weighted by Crippen LogP contribution is -2.35. The lowest BCUT2D eigenvalue weighted by molar-refractivity contribution is -0.383. The largest absolute Gasteiger partial charge is 0.319 e. The first-order chi connectivity index (χ1) is 9.11. The first-order valence-electron chi connectivity index (χ1n) is 5.84. The van der Waals surface area contributed by atoms with Crippen molar-refractivity contribution in [3.05, 3.63) is 33.9 Å². The van der Waals surface area contributed by atoms with Crippen molar-refractivity contribution in [2.45, 2.75) is 18.9 Å². The van der Waals surface area contributed by atoms with Gasteiger partial charge in [-0.15, -0.1) is 0 Å². The molecule has 0 bridgehead atoms. The van der Waals surface area contributed by atoms with Crippen LogP contribution in [-0.4, -0.2) is 23.4 Å². The fourth-order valence-electron chi connectivity index (χ4n) is 1.99. The number of nitriles is 1. The number of benzene rings is 1. The molecule has 1 aromatic carbocycles. The predicted molar refractivity (Wildman–Crippen MR) is 67.5 cm³/mol. The van der Waals surface area contributed by atoms with E-state index in [0.717, 1.165) is 25.5 Å². The van der Waals surface area contributed by atoms with Crippen molar-refractivity contribution in [2.75, 3.05) is 11.9 Å². The highest BCUT2D eigenvalue weighted by atomic mass is 16.6. The number of nitro groups is 1. The molecule has 0 spiro atoms. The standard InChI is InChI=1S/C12H12N4O3/c13-7-8-3-4-9(11(6-8)16(18)19)15-12(17)10-2-1-5-14-10/h3-4,6,10,14H,1-2,5H2,(H,15,17)/t10-/m0/s1. The molecule has 1 aliphatic heterocycles. The van der Waals surface area contributed by atoms with E-state index in [-0.39, 0.29) is 28.9 Å². The number of anilines is 1. The Morgan fingerprint density at radius 3 is 2.95 bits per heavy atom. The Hall–Kier alpha value is -2.46. The van der Waals surface area contributed by atoms with Gasteiger partial charge in [0.15, 0.2) is 0 Å². The third-order valence-corrected chi connectivity index (χ3v) is 2.96. The van der Waals surface area contributed by atoms with Crippen LogP contribution in [0.3, 0.4) is 0 Å². The Morgan fingerprint density at radius 1 is 1.58 bits per heavy atom. The van der Waals surface area contributed by atoms with Crippen LogP contribution < -0.4 is 10.6 Å². The number of carbonyl (C=O) groups is 1. The van der Waals surface area contributed by atoms with Crippen LogP contribution in [-0.2, 0) is 4.79 Å². The molecule has 1 heterocycles. The zero-order valence-electron chi connectivity index (χ0n) is 10.0. The van der Waals surface area contributed by atoms with Gasteiger partial charge in [0.1, 0.15) is 5.69 Å². The van der Waals surface area contributed by atoms with Crippen LogP contribution in [0.25, 0.3) is 0 Å². The number of hydrogen-bond acceptors (Lipinski definition) is 5. The van der Waals surface area contributed by atoms with Crippen LogP contribution in [0.1, 0.15) is 18.4 Å². The maximum atomic E-state index is 11.9. The summed E-state index contributed by atoms with van der Waals surface area (Å²) < 4.78 is 0. The maximum absolute atomic E-state index is 11.9. The molecule has 1 aliphatic rings. The number of nitro benzene ring substituents is 1. The van der Waals surface area contributed by atoms with Gasteiger partial charge in [-0.2, -0.15) is 5.26 Å². The smallest absolute Gasteiger partial charge is 0.294 e. The molecule has 0 unspecified atom stereocenters. The van der Waals surface area contributed by atoms with Crippen molar-refractivity contribution in [1.82, 2.24) is 5.32 Å². The first-order valence-corrected chi connectivity index (χ1v) is 5.84. The third-order valence-electron chi connectivity index (χ3n) is 2.96. The van der Waals surface area contributed by atoms with Gasteiger partial charge < -0.3 is 10.6 Å². The fourth-order valence-corrected chi connectivity index (χ4v) is 1.99. The fraction of sp³-hybridized carbons (Fsp3) is 0.333. The highest BCUT2D eigenvalue weighted by Gasteiger charge is 2.24. The molecule has 7 heteroatoms. The molecule has 0 saturated carbocycles. The quantitative estimate of drug-likeness (QED) is 0.626. The molecular formula is C12H12N4O3. The lowest BCUT2D eigenvalue weighted by atomic mass is 10.1. The van der Waals surface area contributed by atoms with E-state index in [4.69, 9.17) is 5.26 Å². The molecule has 0 aromatic heterocycles. The average molecular weight is 260 g/mol. The van der Waals surface area contributed by atoms with E-state index in [1.54, 1.807) is 0 Å². The van der Waals surface area contributed by atoms with Crippen LogP contribution in [0.15, 0.2) is 18.2 Å². The molecule has 0 aliphatic carbocycles. The molecule has 0 radical (unpaired) electrons. The van der Waals surface area contributed by atoms with Crippen molar-refractivity contribution >= 4 is 17.3 Å². The molecule has 1 saturated heterocycles. The monoisotopic (exact) mass is 260 g/mol. The molecule has 1 atom stereocenters. The van der Waals surface area contributed by atoms with E-state index in [1.165, 1.54) is 12.1 Å². The van der Waals surface area contributed by atoms with Gasteiger partial charge in [-0.1, -0.05) is 0 Å². The summed E-state index contributed by atoms with van der Waals surface area (Å²) in [5.74, 6) is -0.287. The molecule has 7 nitrogen and oxygen atoms in total. The van der Waals surface area contributed by atoms with Crippen LogP contribution in [0.5, 0.6) is 0 Å². The minimum Gasteiger partial charge on any atom is -0.319 e. The number of nitrogens with zero attached hydrogens (tertiary/aromatic N) is 2. The first kappa shape index (κ1) is 13.0. The van der Waals surface area contributed by atoms with Gasteiger partial charge in [-0.25, -0.2) is 0 Å². The van der Waals surface area contributed by atoms with Crippen LogP contribution in [0.2, 0.25) is 0 Å². The zero-order valence-corrected chi connectivity index (χ0v) is 10.0. The molecule has 1 fully saturated rings. The predicted octanol–water partition coefficient (Wildman–Crippen LogP) is 1.16. The summed E-state index contributed by atoms with van der Waals surface area (Å²) in [6, 6.07) is 5.48. The molecular weight excluding hydrogens is 248 g/mol. The Bertz CT molecular complexity index is 559. The summed E-state index contributed by atoms with van der Waals surface area (Å²) in [6.45, 7) is 0.771. The topological polar surface area (TPSA) is 108 Å². The van der Waals surface area contributed by atoms with Gasteiger partial charge in [0.25, 0.3) is 5.69 Å². The van der Waals surface area contributed by atoms with Gasteiger partial charge in [-0.05, 0) is 31.5 Å². The molecule has 2 rings (SSSR count). The van der Waals surface area contributed by atoms with Crippen molar-refractivity contribution in [3.8, 4) is 6.07 Å². The summed E-state index contributed by atoms with van der Waals surface area (Å²) in [7, 11) is 0. The second kappa shape index (κ2) is 5.46. The number of amides is 1. The summed E-state index contributed by atoms with van der Waals surface area (Å²) in [6.07, 6.45) is 1.63. The van der Waals surface area contributed by atoms with Crippen molar-refractivity contribution in [2.24, 2.45) is 0 Å². The van der Waals surface area contributed by atoms with E-state index in [0.29, 0.717) is 0 Å². The van der Waals surface area contributed by atoms with Crippen LogP contribution in [0, 0.1) is 21.4 Å². The average Bonchev–Trinajstić information content (AvgIpc) is 2.92. The second-order valence-electron chi connectivity index (χ2n) is 4.24. The number of hydrogen-bond donors (Lipinski definition) is 2. The van der Waals surface area contributed by atoms with Crippen molar-refractivity contribution < 1.29 is 9.72 Å². The summed E-state index contributed by atoms with van der Waals surface area (Å²) >= 11 is 0. The molecule has 2 N–H and O–H groups in total. The minimum absolute atomic E-state index is 0.114. The zero-order chi connectivity index (χ0) is 13.8. The third kappa shape index (κ3) is 2.86. The van der Waals surface area contributed by atoms with E-state index in [2.05, 4.69) is 10.6 Å². The van der Waals surface area contributed by atoms with E-state index >= 15 is 0 Å². The van der Waals surface area contributed by atoms with Crippen molar-refractivity contribution in [1.29, 1.82) is 5.26 Å². The highest BCUT2D eigenvalue weighted by molar-refractivity contribution is 5.97. The SMILES string of the molecule is N#Cc1ccc(NC(=O)[C@@H]2CCCN2)c([N+](=O)[O-])c1. The molecule has 1 amide bonds. The Balaban J connectivity index is 2.22. The molecule has 1 aromatic rings. The Kier molecular flexibility index (Phi) is 3.73. The minimum atomic E-state index is -0.613. The van der Waals surface area contributed by atoms with E-state index in [9.17, 15) is 14.9 Å². The van der Waals surface area contributed by atoms with E-state index in [1.807, 2.05) is 6.07 Å². The van der Waals surface area contributed by atoms with Gasteiger partial charge in [0.2, 0.25) is 5.91 Å². The van der Waals surface area contributed by atoms with Gasteiger partial charge >= 0.3 is 0 Å². The number of carbonyl (C=O) groups excluding carboxylic acids is 1. The highest BCUT2D eigenvalue weighted by Crippen LogP contribution is 2.25. The second-order valence-corrected chi connectivity index (χ2v) is 4.24. The molecule has 98 valence electrons. The lowest BCUT2D eigenvalue weighted by Gasteiger charge is -2.11. The maximum Gasteiger partial charge on any atom is 0.294 e. The number of nitrogens with one attached hydrogen (secondary N) is 2. The van der Waals surface area contributed by atoms with Gasteiger partial charge in [-0.3, -0.25) is 14.9 Å². The molecule has 19 heavy (non-hydrogen) atoms. The normalized spacial score (nSPS) is 17.7. The summed E-state index contributed by atoms with van der Waals surface area (Å²) in [5.41, 5.74) is 0.0248. The van der Waals surface area contributed by atoms with E-state index < -0.39 is 4.92 Å². The Morgan fingerprint density at radius 2 is 2.37 bits per heavy atom. The Labute approximate surface area is 109 Å². The van der Waals surface area contributed by atoms with Crippen LogP contribution in [0.4, 0.5) is 11.4 Å². The summed E-state index contributed by atoms with van der Waals surface area (Å²) in [4.78, 5) is 22.2. The van der Waals surface area contributed by atoms with Gasteiger partial charge in [0.05, 0.1) is 22.6 Å². The van der Waals surface area contributed by atoms with Crippen LogP contribution >= 0.6 is 0 Å².